The van der Waals surface area contributed by atoms with Crippen LogP contribution in [0.25, 0.3) is 0 Å². The van der Waals surface area contributed by atoms with Crippen molar-refractivity contribution in [2.24, 2.45) is 13.0 Å². The average Bonchev–Trinajstić information content (AvgIpc) is 2.66. The molecule has 1 unspecified atom stereocenters. The molecule has 17 heavy (non-hydrogen) atoms. The van der Waals surface area contributed by atoms with Gasteiger partial charge in [0.15, 0.2) is 0 Å². The predicted molar refractivity (Wildman–Crippen MR) is 72.4 cm³/mol. The van der Waals surface area contributed by atoms with E-state index in [1.54, 1.807) is 0 Å². The van der Waals surface area contributed by atoms with Gasteiger partial charge in [-0.15, -0.1) is 12.4 Å². The van der Waals surface area contributed by atoms with Crippen LogP contribution in [0.4, 0.5) is 0 Å². The summed E-state index contributed by atoms with van der Waals surface area (Å²) in [5, 5.41) is 7.66. The second kappa shape index (κ2) is 6.99. The van der Waals surface area contributed by atoms with Crippen LogP contribution in [-0.4, -0.2) is 41.4 Å². The molecule has 98 valence electrons. The van der Waals surface area contributed by atoms with Crippen molar-refractivity contribution in [1.29, 1.82) is 0 Å². The van der Waals surface area contributed by atoms with E-state index in [1.165, 1.54) is 38.2 Å². The van der Waals surface area contributed by atoms with Crippen LogP contribution in [0.3, 0.4) is 0 Å². The Labute approximate surface area is 110 Å². The maximum atomic E-state index is 4.19. The molecule has 1 saturated heterocycles. The summed E-state index contributed by atoms with van der Waals surface area (Å²) in [5.41, 5.74) is 1.28. The Morgan fingerprint density at radius 1 is 1.59 bits per heavy atom. The van der Waals surface area contributed by atoms with E-state index in [0.29, 0.717) is 0 Å². The van der Waals surface area contributed by atoms with Gasteiger partial charge in [-0.25, -0.2) is 0 Å². The van der Waals surface area contributed by atoms with Crippen molar-refractivity contribution >= 4 is 12.4 Å². The SMILES string of the molecule is CN(Cc1ccnn1C)CC1CCCNC1.Cl. The van der Waals surface area contributed by atoms with Crippen LogP contribution < -0.4 is 5.32 Å². The fourth-order valence-corrected chi connectivity index (χ4v) is 2.42. The Kier molecular flexibility index (Phi) is 5.95. The van der Waals surface area contributed by atoms with E-state index < -0.39 is 0 Å². The van der Waals surface area contributed by atoms with Gasteiger partial charge < -0.3 is 10.2 Å². The molecule has 1 aromatic heterocycles. The number of aromatic nitrogens is 2. The molecule has 0 amide bonds. The van der Waals surface area contributed by atoms with Gasteiger partial charge in [0.1, 0.15) is 0 Å². The fraction of sp³-hybridized carbons (Fsp3) is 0.750. The molecule has 5 heteroatoms. The summed E-state index contributed by atoms with van der Waals surface area (Å²) in [4.78, 5) is 2.40. The zero-order valence-electron chi connectivity index (χ0n) is 10.7. The second-order valence-electron chi connectivity index (χ2n) is 4.86. The summed E-state index contributed by atoms with van der Waals surface area (Å²) in [6.07, 6.45) is 4.55. The number of piperidine rings is 1. The number of nitrogens with zero attached hydrogens (tertiary/aromatic N) is 3. The van der Waals surface area contributed by atoms with Crippen LogP contribution in [0.15, 0.2) is 12.3 Å². The molecule has 1 aliphatic heterocycles. The van der Waals surface area contributed by atoms with Gasteiger partial charge in [0.25, 0.3) is 0 Å². The molecule has 2 rings (SSSR count). The predicted octanol–water partition coefficient (Wildman–Crippen LogP) is 1.27. The van der Waals surface area contributed by atoms with Gasteiger partial charge in [-0.05, 0) is 45.0 Å². The zero-order chi connectivity index (χ0) is 11.4. The summed E-state index contributed by atoms with van der Waals surface area (Å²) in [5.74, 6) is 0.812. The van der Waals surface area contributed by atoms with Crippen molar-refractivity contribution in [1.82, 2.24) is 20.0 Å². The van der Waals surface area contributed by atoms with E-state index in [0.717, 1.165) is 12.5 Å². The summed E-state index contributed by atoms with van der Waals surface area (Å²) in [6, 6.07) is 2.09. The lowest BCUT2D eigenvalue weighted by molar-refractivity contribution is 0.233. The molecule has 0 aliphatic carbocycles. The molecule has 1 N–H and O–H groups in total. The van der Waals surface area contributed by atoms with E-state index >= 15 is 0 Å². The van der Waals surface area contributed by atoms with Crippen molar-refractivity contribution < 1.29 is 0 Å². The zero-order valence-corrected chi connectivity index (χ0v) is 11.5. The van der Waals surface area contributed by atoms with E-state index in [9.17, 15) is 0 Å². The minimum absolute atomic E-state index is 0. The second-order valence-corrected chi connectivity index (χ2v) is 4.86. The monoisotopic (exact) mass is 258 g/mol. The molecular weight excluding hydrogens is 236 g/mol. The number of hydrogen-bond donors (Lipinski definition) is 1. The topological polar surface area (TPSA) is 33.1 Å². The Morgan fingerprint density at radius 2 is 2.41 bits per heavy atom. The first-order chi connectivity index (χ1) is 7.75. The largest absolute Gasteiger partial charge is 0.316 e. The number of nitrogens with one attached hydrogen (secondary N) is 1. The summed E-state index contributed by atoms with van der Waals surface area (Å²) in [6.45, 7) is 4.54. The first-order valence-electron chi connectivity index (χ1n) is 6.12. The van der Waals surface area contributed by atoms with Crippen LogP contribution in [0.5, 0.6) is 0 Å². The van der Waals surface area contributed by atoms with Crippen LogP contribution in [0.1, 0.15) is 18.5 Å². The molecule has 2 heterocycles. The fourth-order valence-electron chi connectivity index (χ4n) is 2.42. The molecule has 4 nitrogen and oxygen atoms in total. The molecule has 0 saturated carbocycles. The molecule has 1 atom stereocenters. The third-order valence-electron chi connectivity index (χ3n) is 3.32. The maximum absolute atomic E-state index is 4.19. The highest BCUT2D eigenvalue weighted by molar-refractivity contribution is 5.85. The summed E-state index contributed by atoms with van der Waals surface area (Å²) >= 11 is 0. The standard InChI is InChI=1S/C12H22N4.ClH/c1-15(9-11-4-3-6-13-8-11)10-12-5-7-14-16(12)2;/h5,7,11,13H,3-4,6,8-10H2,1-2H3;1H. The highest BCUT2D eigenvalue weighted by Gasteiger charge is 2.15. The first kappa shape index (κ1) is 14.5. The van der Waals surface area contributed by atoms with Gasteiger partial charge in [-0.3, -0.25) is 4.68 Å². The Hall–Kier alpha value is -0.580. The molecular formula is C12H23ClN4. The Bertz CT molecular complexity index is 320. The number of aryl methyl sites for hydroxylation is 1. The normalized spacial score (nSPS) is 20.3. The highest BCUT2D eigenvalue weighted by Crippen LogP contribution is 2.12. The lowest BCUT2D eigenvalue weighted by atomic mass is 9.99. The van der Waals surface area contributed by atoms with E-state index in [2.05, 4.69) is 28.4 Å². The van der Waals surface area contributed by atoms with Gasteiger partial charge in [0.2, 0.25) is 0 Å². The third-order valence-corrected chi connectivity index (χ3v) is 3.32. The first-order valence-corrected chi connectivity index (χ1v) is 6.12. The van der Waals surface area contributed by atoms with Gasteiger partial charge in [0.05, 0.1) is 5.69 Å². The molecule has 0 bridgehead atoms. The molecule has 1 aliphatic rings. The third kappa shape index (κ3) is 4.30. The number of hydrogen-bond acceptors (Lipinski definition) is 3. The van der Waals surface area contributed by atoms with Crippen molar-refractivity contribution in [3.8, 4) is 0 Å². The molecule has 1 aromatic rings. The molecule has 0 spiro atoms. The average molecular weight is 259 g/mol. The van der Waals surface area contributed by atoms with Crippen LogP contribution in [0, 0.1) is 5.92 Å². The van der Waals surface area contributed by atoms with Crippen molar-refractivity contribution in [2.75, 3.05) is 26.7 Å². The lowest BCUT2D eigenvalue weighted by Gasteiger charge is -2.27. The van der Waals surface area contributed by atoms with E-state index in [1.807, 2.05) is 17.9 Å². The van der Waals surface area contributed by atoms with Crippen LogP contribution in [0.2, 0.25) is 0 Å². The number of rotatable bonds is 4. The molecule has 1 fully saturated rings. The Balaban J connectivity index is 0.00000144. The van der Waals surface area contributed by atoms with Crippen LogP contribution >= 0.6 is 12.4 Å². The van der Waals surface area contributed by atoms with Crippen LogP contribution in [-0.2, 0) is 13.6 Å². The Morgan fingerprint density at radius 3 is 3.00 bits per heavy atom. The number of halogens is 1. The lowest BCUT2D eigenvalue weighted by Crippen LogP contribution is -2.36. The van der Waals surface area contributed by atoms with Crippen molar-refractivity contribution in [2.45, 2.75) is 19.4 Å². The van der Waals surface area contributed by atoms with E-state index in [-0.39, 0.29) is 12.4 Å². The summed E-state index contributed by atoms with van der Waals surface area (Å²) in [7, 11) is 4.20. The minimum Gasteiger partial charge on any atom is -0.316 e. The van der Waals surface area contributed by atoms with Crippen molar-refractivity contribution in [3.63, 3.8) is 0 Å². The molecule has 0 aromatic carbocycles. The smallest absolute Gasteiger partial charge is 0.0520 e. The van der Waals surface area contributed by atoms with Gasteiger partial charge in [-0.2, -0.15) is 5.10 Å². The minimum atomic E-state index is 0. The maximum Gasteiger partial charge on any atom is 0.0520 e. The van der Waals surface area contributed by atoms with Crippen molar-refractivity contribution in [3.05, 3.63) is 18.0 Å². The van der Waals surface area contributed by atoms with Gasteiger partial charge in [-0.1, -0.05) is 0 Å². The van der Waals surface area contributed by atoms with E-state index in [4.69, 9.17) is 0 Å². The van der Waals surface area contributed by atoms with Gasteiger partial charge in [0, 0.05) is 26.3 Å². The highest BCUT2D eigenvalue weighted by atomic mass is 35.5. The quantitative estimate of drug-likeness (QED) is 0.883. The molecule has 0 radical (unpaired) electrons. The summed E-state index contributed by atoms with van der Waals surface area (Å²) < 4.78 is 1.95. The van der Waals surface area contributed by atoms with Gasteiger partial charge >= 0.3 is 0 Å².